The summed E-state index contributed by atoms with van der Waals surface area (Å²) >= 11 is 0. The number of benzene rings is 1. The Morgan fingerprint density at radius 2 is 1.83 bits per heavy atom. The molecule has 0 fully saturated rings. The van der Waals surface area contributed by atoms with E-state index in [2.05, 4.69) is 5.32 Å². The number of rotatable bonds is 6. The minimum atomic E-state index is -9.84. The van der Waals surface area contributed by atoms with Crippen LogP contribution in [0.15, 0.2) is 64.8 Å². The number of ether oxygens (including phenoxy) is 1. The molecule has 0 aliphatic heterocycles. The van der Waals surface area contributed by atoms with Crippen LogP contribution in [-0.4, -0.2) is 18.1 Å². The monoisotopic (exact) mass is 445 g/mol. The van der Waals surface area contributed by atoms with Gasteiger partial charge in [-0.2, -0.15) is 10.5 Å². The predicted molar refractivity (Wildman–Crippen MR) is 101 cm³/mol. The standard InChI is InChI=1S/C19H16F5N3O2S/c1-19(12-26,13-29-16-4-2-3-14(11-25)5-8-16)27-18(28)15-6-9-17(10-7-15)30(20,21,22,23)24/h2-7,9-10H,8,13H2,1H3,(H,27,28). The Labute approximate surface area is 169 Å². The molecule has 30 heavy (non-hydrogen) atoms. The Hall–Kier alpha value is -3.31. The molecule has 1 amide bonds. The molecule has 0 spiro atoms. The molecule has 1 unspecified atom stereocenters. The van der Waals surface area contributed by atoms with Crippen molar-refractivity contribution >= 4 is 16.1 Å². The van der Waals surface area contributed by atoms with Crippen LogP contribution < -0.4 is 5.32 Å². The Bertz CT molecular complexity index is 1030. The molecule has 0 saturated carbocycles. The molecule has 0 bridgehead atoms. The number of carbonyl (C=O) groups is 1. The van der Waals surface area contributed by atoms with E-state index in [1.54, 1.807) is 24.3 Å². The van der Waals surface area contributed by atoms with E-state index in [4.69, 9.17) is 10.00 Å². The number of hydrogen-bond acceptors (Lipinski definition) is 4. The van der Waals surface area contributed by atoms with Crippen molar-refractivity contribution in [3.05, 3.63) is 65.5 Å². The van der Waals surface area contributed by atoms with Crippen molar-refractivity contribution in [3.8, 4) is 12.1 Å². The smallest absolute Gasteiger partial charge is 0.310 e. The van der Waals surface area contributed by atoms with Crippen LogP contribution >= 0.6 is 10.2 Å². The zero-order valence-electron chi connectivity index (χ0n) is 15.5. The van der Waals surface area contributed by atoms with Crippen LogP contribution in [0.2, 0.25) is 0 Å². The van der Waals surface area contributed by atoms with Gasteiger partial charge in [-0.05, 0) is 43.3 Å². The summed E-state index contributed by atoms with van der Waals surface area (Å²) < 4.78 is 69.3. The molecule has 1 aliphatic carbocycles. The van der Waals surface area contributed by atoms with Gasteiger partial charge >= 0.3 is 10.2 Å². The van der Waals surface area contributed by atoms with Crippen molar-refractivity contribution in [2.75, 3.05) is 6.61 Å². The van der Waals surface area contributed by atoms with E-state index in [0.29, 0.717) is 23.5 Å². The number of hydrogen-bond donors (Lipinski definition) is 1. The Kier molecular flexibility index (Phi) is 5.50. The second kappa shape index (κ2) is 7.18. The molecule has 1 atom stereocenters. The van der Waals surface area contributed by atoms with Gasteiger partial charge in [-0.15, -0.1) is 0 Å². The molecule has 0 aromatic heterocycles. The van der Waals surface area contributed by atoms with E-state index < -0.39 is 26.6 Å². The number of nitrogens with zero attached hydrogens (tertiary/aromatic N) is 2. The fourth-order valence-electron chi connectivity index (χ4n) is 2.32. The van der Waals surface area contributed by atoms with Gasteiger partial charge < -0.3 is 10.1 Å². The van der Waals surface area contributed by atoms with Gasteiger partial charge in [0, 0.05) is 17.6 Å². The first-order valence-electron chi connectivity index (χ1n) is 8.34. The second-order valence-corrected chi connectivity index (χ2v) is 9.06. The average molecular weight is 445 g/mol. The van der Waals surface area contributed by atoms with Gasteiger partial charge in [-0.3, -0.25) is 4.79 Å². The minimum absolute atomic E-state index is 0.123. The molecule has 0 radical (unpaired) electrons. The first kappa shape index (κ1) is 23.0. The summed E-state index contributed by atoms with van der Waals surface area (Å²) in [4.78, 5) is 10.2. The summed E-state index contributed by atoms with van der Waals surface area (Å²) in [7, 11) is -9.84. The number of amides is 1. The van der Waals surface area contributed by atoms with Crippen LogP contribution in [0.5, 0.6) is 0 Å². The maximum atomic E-state index is 12.8. The first-order valence-corrected chi connectivity index (χ1v) is 10.3. The van der Waals surface area contributed by atoms with E-state index >= 15 is 0 Å². The van der Waals surface area contributed by atoms with Crippen LogP contribution in [0.3, 0.4) is 0 Å². The molecule has 1 aliphatic rings. The average Bonchev–Trinajstić information content (AvgIpc) is 2.90. The molecule has 1 aromatic carbocycles. The Morgan fingerprint density at radius 1 is 1.20 bits per heavy atom. The Balaban J connectivity index is 2.08. The maximum Gasteiger partial charge on any atom is 0.310 e. The van der Waals surface area contributed by atoms with Crippen LogP contribution in [0.25, 0.3) is 0 Å². The van der Waals surface area contributed by atoms with E-state index in [1.165, 1.54) is 6.92 Å². The lowest BCUT2D eigenvalue weighted by Gasteiger charge is -2.40. The van der Waals surface area contributed by atoms with Crippen LogP contribution in [-0.2, 0) is 4.74 Å². The lowest BCUT2D eigenvalue weighted by molar-refractivity contribution is 0.0867. The van der Waals surface area contributed by atoms with Crippen molar-refractivity contribution < 1.29 is 29.0 Å². The molecule has 0 heterocycles. The van der Waals surface area contributed by atoms with Crippen molar-refractivity contribution in [2.45, 2.75) is 23.8 Å². The second-order valence-electron chi connectivity index (χ2n) is 6.65. The Morgan fingerprint density at radius 3 is 2.37 bits per heavy atom. The van der Waals surface area contributed by atoms with E-state index in [0.717, 1.165) is 0 Å². The third kappa shape index (κ3) is 6.09. The van der Waals surface area contributed by atoms with Crippen molar-refractivity contribution in [1.29, 1.82) is 10.5 Å². The van der Waals surface area contributed by atoms with E-state index in [-0.39, 0.29) is 30.7 Å². The van der Waals surface area contributed by atoms with Gasteiger partial charge in [0.2, 0.25) is 0 Å². The fraction of sp³-hybridized carbons (Fsp3) is 0.211. The molecular formula is C19H16F5N3O2S. The third-order valence-electron chi connectivity index (χ3n) is 3.95. The summed E-state index contributed by atoms with van der Waals surface area (Å²) in [5, 5.41) is 20.6. The number of halogens is 5. The third-order valence-corrected chi connectivity index (χ3v) is 5.12. The molecule has 1 aromatic rings. The predicted octanol–water partition coefficient (Wildman–Crippen LogP) is 5.67. The van der Waals surface area contributed by atoms with Crippen LogP contribution in [0, 0.1) is 22.7 Å². The van der Waals surface area contributed by atoms with Gasteiger partial charge in [0.05, 0.1) is 17.9 Å². The molecule has 1 N–H and O–H groups in total. The zero-order chi connectivity index (χ0) is 22.7. The molecule has 160 valence electrons. The molecule has 5 nitrogen and oxygen atoms in total. The molecule has 0 saturated heterocycles. The van der Waals surface area contributed by atoms with E-state index in [9.17, 15) is 29.5 Å². The highest BCUT2D eigenvalue weighted by molar-refractivity contribution is 8.45. The van der Waals surface area contributed by atoms with Gasteiger partial charge in [-0.25, -0.2) is 0 Å². The molecule has 11 heteroatoms. The molecular weight excluding hydrogens is 429 g/mol. The van der Waals surface area contributed by atoms with Crippen molar-refractivity contribution in [1.82, 2.24) is 5.32 Å². The lowest BCUT2D eigenvalue weighted by atomic mass is 10.1. The number of allylic oxidation sites excluding steroid dienone is 5. The fourth-order valence-corrected chi connectivity index (χ4v) is 2.97. The number of nitrogens with one attached hydrogen (secondary N) is 1. The van der Waals surface area contributed by atoms with Crippen LogP contribution in [0.4, 0.5) is 19.4 Å². The summed E-state index contributed by atoms with van der Waals surface area (Å²) in [6.07, 6.45) is 6.62. The number of carbonyl (C=O) groups excluding carboxylic acids is 1. The SMILES string of the molecule is CC(C#N)(COC1=CC=CC(C#N)=CC1)NC(=O)c1ccc(S(F)(F)(F)(F)F)cc1. The zero-order valence-corrected chi connectivity index (χ0v) is 16.4. The highest BCUT2D eigenvalue weighted by Crippen LogP contribution is 3.02. The summed E-state index contributed by atoms with van der Waals surface area (Å²) in [6.45, 7) is 1.03. The summed E-state index contributed by atoms with van der Waals surface area (Å²) in [5.74, 6) is -0.509. The largest absolute Gasteiger partial charge is 0.494 e. The van der Waals surface area contributed by atoms with Crippen molar-refractivity contribution in [2.24, 2.45) is 0 Å². The van der Waals surface area contributed by atoms with E-state index in [1.807, 2.05) is 12.1 Å². The van der Waals surface area contributed by atoms with Gasteiger partial charge in [0.15, 0.2) is 5.54 Å². The molecule has 2 rings (SSSR count). The highest BCUT2D eigenvalue weighted by Gasteiger charge is 2.65. The lowest BCUT2D eigenvalue weighted by Crippen LogP contribution is -2.48. The minimum Gasteiger partial charge on any atom is -0.494 e. The summed E-state index contributed by atoms with van der Waals surface area (Å²) in [5.41, 5.74) is -1.47. The van der Waals surface area contributed by atoms with Gasteiger partial charge in [0.1, 0.15) is 11.5 Å². The quantitative estimate of drug-likeness (QED) is 0.572. The normalized spacial score (nSPS) is 18.1. The topological polar surface area (TPSA) is 85.9 Å². The van der Waals surface area contributed by atoms with Crippen LogP contribution in [0.1, 0.15) is 23.7 Å². The maximum absolute atomic E-state index is 12.8. The van der Waals surface area contributed by atoms with Gasteiger partial charge in [0.25, 0.3) is 5.91 Å². The summed E-state index contributed by atoms with van der Waals surface area (Å²) in [6, 6.07) is 5.27. The highest BCUT2D eigenvalue weighted by atomic mass is 32.5. The number of nitriles is 2. The van der Waals surface area contributed by atoms with Gasteiger partial charge in [-0.1, -0.05) is 31.6 Å². The first-order chi connectivity index (χ1) is 13.7. The van der Waals surface area contributed by atoms with Crippen molar-refractivity contribution in [3.63, 3.8) is 0 Å².